The Bertz CT molecular complexity index is 376. The Morgan fingerprint density at radius 1 is 1.57 bits per heavy atom. The number of amides is 1. The van der Waals surface area contributed by atoms with E-state index in [9.17, 15) is 9.18 Å². The molecule has 0 saturated carbocycles. The predicted molar refractivity (Wildman–Crippen MR) is 54.3 cm³/mol. The van der Waals surface area contributed by atoms with Gasteiger partial charge in [0.1, 0.15) is 5.82 Å². The molecular formula is C10H9ClFNO. The predicted octanol–water partition coefficient (Wildman–Crippen LogP) is 2.37. The summed E-state index contributed by atoms with van der Waals surface area (Å²) in [7, 11) is 0. The van der Waals surface area contributed by atoms with Crippen LogP contribution in [0.15, 0.2) is 24.3 Å². The molecule has 0 unspecified atom stereocenters. The molecule has 1 amide bonds. The van der Waals surface area contributed by atoms with E-state index in [1.807, 2.05) is 0 Å². The number of rotatable bonds is 3. The SMILES string of the molecule is NC(=O)CC=Cc1cccc(Cl)c1F. The molecule has 1 rings (SSSR count). The molecule has 0 heterocycles. The summed E-state index contributed by atoms with van der Waals surface area (Å²) in [6.45, 7) is 0. The van der Waals surface area contributed by atoms with Crippen LogP contribution < -0.4 is 5.73 Å². The van der Waals surface area contributed by atoms with Crippen molar-refractivity contribution in [1.82, 2.24) is 0 Å². The summed E-state index contributed by atoms with van der Waals surface area (Å²) in [5, 5.41) is 0.0613. The zero-order chi connectivity index (χ0) is 10.6. The van der Waals surface area contributed by atoms with E-state index in [0.717, 1.165) is 0 Å². The molecule has 1 aromatic carbocycles. The largest absolute Gasteiger partial charge is 0.369 e. The second kappa shape index (κ2) is 4.77. The summed E-state index contributed by atoms with van der Waals surface area (Å²) in [5.74, 6) is -0.946. The fourth-order valence-electron chi connectivity index (χ4n) is 0.951. The molecule has 0 spiro atoms. The first-order valence-electron chi connectivity index (χ1n) is 4.00. The molecule has 0 radical (unpaired) electrons. The van der Waals surface area contributed by atoms with Gasteiger partial charge in [0, 0.05) is 12.0 Å². The van der Waals surface area contributed by atoms with Crippen LogP contribution in [0.4, 0.5) is 4.39 Å². The van der Waals surface area contributed by atoms with Gasteiger partial charge in [-0.15, -0.1) is 0 Å². The number of hydrogen-bond acceptors (Lipinski definition) is 1. The van der Waals surface area contributed by atoms with Crippen molar-refractivity contribution in [3.8, 4) is 0 Å². The van der Waals surface area contributed by atoms with E-state index in [1.165, 1.54) is 18.2 Å². The highest BCUT2D eigenvalue weighted by atomic mass is 35.5. The van der Waals surface area contributed by atoms with Gasteiger partial charge >= 0.3 is 0 Å². The fraction of sp³-hybridized carbons (Fsp3) is 0.100. The van der Waals surface area contributed by atoms with Gasteiger partial charge in [-0.1, -0.05) is 35.9 Å². The van der Waals surface area contributed by atoms with E-state index in [-0.39, 0.29) is 11.4 Å². The lowest BCUT2D eigenvalue weighted by Gasteiger charge is -1.97. The number of primary amides is 1. The zero-order valence-corrected chi connectivity index (χ0v) is 8.09. The third kappa shape index (κ3) is 2.85. The highest BCUT2D eigenvalue weighted by molar-refractivity contribution is 6.30. The van der Waals surface area contributed by atoms with Crippen LogP contribution in [0.5, 0.6) is 0 Å². The van der Waals surface area contributed by atoms with Crippen molar-refractivity contribution in [3.63, 3.8) is 0 Å². The van der Waals surface area contributed by atoms with Crippen molar-refractivity contribution in [2.45, 2.75) is 6.42 Å². The van der Waals surface area contributed by atoms with E-state index < -0.39 is 11.7 Å². The first-order chi connectivity index (χ1) is 6.61. The Kier molecular flexibility index (Phi) is 3.65. The number of carbonyl (C=O) groups excluding carboxylic acids is 1. The molecule has 0 aliphatic rings. The second-order valence-corrected chi connectivity index (χ2v) is 3.12. The minimum Gasteiger partial charge on any atom is -0.369 e. The molecule has 0 aromatic heterocycles. The Morgan fingerprint density at radius 2 is 2.29 bits per heavy atom. The van der Waals surface area contributed by atoms with E-state index in [1.54, 1.807) is 12.1 Å². The van der Waals surface area contributed by atoms with E-state index in [0.29, 0.717) is 5.56 Å². The summed E-state index contributed by atoms with van der Waals surface area (Å²) >= 11 is 5.55. The highest BCUT2D eigenvalue weighted by Gasteiger charge is 2.02. The molecule has 1 aromatic rings. The van der Waals surface area contributed by atoms with E-state index in [2.05, 4.69) is 0 Å². The van der Waals surface area contributed by atoms with Crippen LogP contribution >= 0.6 is 11.6 Å². The zero-order valence-electron chi connectivity index (χ0n) is 7.34. The third-order valence-corrected chi connectivity index (χ3v) is 1.89. The van der Waals surface area contributed by atoms with Crippen molar-refractivity contribution >= 4 is 23.6 Å². The van der Waals surface area contributed by atoms with Gasteiger partial charge in [0.05, 0.1) is 5.02 Å². The van der Waals surface area contributed by atoms with Gasteiger partial charge < -0.3 is 5.73 Å². The van der Waals surface area contributed by atoms with Gasteiger partial charge in [0.2, 0.25) is 5.91 Å². The third-order valence-electron chi connectivity index (χ3n) is 1.60. The van der Waals surface area contributed by atoms with Crippen LogP contribution in [0.25, 0.3) is 6.08 Å². The molecular weight excluding hydrogens is 205 g/mol. The van der Waals surface area contributed by atoms with Crippen molar-refractivity contribution in [3.05, 3.63) is 40.7 Å². The smallest absolute Gasteiger partial charge is 0.221 e. The summed E-state index contributed by atoms with van der Waals surface area (Å²) in [6.07, 6.45) is 3.06. The topological polar surface area (TPSA) is 43.1 Å². The first-order valence-corrected chi connectivity index (χ1v) is 4.38. The maximum Gasteiger partial charge on any atom is 0.221 e. The van der Waals surface area contributed by atoms with Gasteiger partial charge in [-0.3, -0.25) is 4.79 Å². The van der Waals surface area contributed by atoms with Gasteiger partial charge in [-0.2, -0.15) is 0 Å². The monoisotopic (exact) mass is 213 g/mol. The Morgan fingerprint density at radius 3 is 2.93 bits per heavy atom. The molecule has 0 bridgehead atoms. The number of carbonyl (C=O) groups is 1. The average Bonchev–Trinajstić information content (AvgIpc) is 2.12. The van der Waals surface area contributed by atoms with Gasteiger partial charge in [-0.05, 0) is 6.07 Å². The second-order valence-electron chi connectivity index (χ2n) is 2.72. The molecule has 2 N–H and O–H groups in total. The molecule has 0 atom stereocenters. The highest BCUT2D eigenvalue weighted by Crippen LogP contribution is 2.18. The molecule has 74 valence electrons. The maximum atomic E-state index is 13.2. The molecule has 14 heavy (non-hydrogen) atoms. The molecule has 0 fully saturated rings. The van der Waals surface area contributed by atoms with Crippen LogP contribution in [0, 0.1) is 5.82 Å². The van der Waals surface area contributed by atoms with Crippen molar-refractivity contribution in [2.75, 3.05) is 0 Å². The maximum absolute atomic E-state index is 13.2. The molecule has 2 nitrogen and oxygen atoms in total. The van der Waals surface area contributed by atoms with Crippen LogP contribution in [0.2, 0.25) is 5.02 Å². The van der Waals surface area contributed by atoms with Crippen LogP contribution in [0.1, 0.15) is 12.0 Å². The van der Waals surface area contributed by atoms with Crippen molar-refractivity contribution in [2.24, 2.45) is 5.73 Å². The lowest BCUT2D eigenvalue weighted by molar-refractivity contribution is -0.117. The Hall–Kier alpha value is -1.35. The quantitative estimate of drug-likeness (QED) is 0.823. The van der Waals surface area contributed by atoms with Crippen LogP contribution in [-0.2, 0) is 4.79 Å². The number of benzene rings is 1. The lowest BCUT2D eigenvalue weighted by atomic mass is 10.2. The van der Waals surface area contributed by atoms with E-state index in [4.69, 9.17) is 17.3 Å². The molecule has 4 heteroatoms. The fourth-order valence-corrected chi connectivity index (χ4v) is 1.13. The van der Waals surface area contributed by atoms with Crippen molar-refractivity contribution in [1.29, 1.82) is 0 Å². The molecule has 0 aliphatic carbocycles. The first kappa shape index (κ1) is 10.7. The van der Waals surface area contributed by atoms with Gasteiger partial charge in [0.15, 0.2) is 0 Å². The molecule has 0 saturated heterocycles. The standard InChI is InChI=1S/C10H9ClFNO/c11-8-5-1-3-7(10(8)12)4-2-6-9(13)14/h1-5H,6H2,(H2,13,14). The summed E-state index contributed by atoms with van der Waals surface area (Å²) in [6, 6.07) is 4.66. The summed E-state index contributed by atoms with van der Waals surface area (Å²) in [5.41, 5.74) is 5.26. The normalized spacial score (nSPS) is 10.7. The van der Waals surface area contributed by atoms with Crippen molar-refractivity contribution < 1.29 is 9.18 Å². The van der Waals surface area contributed by atoms with Gasteiger partial charge in [-0.25, -0.2) is 4.39 Å². The molecule has 0 aliphatic heterocycles. The summed E-state index contributed by atoms with van der Waals surface area (Å²) < 4.78 is 13.2. The Balaban J connectivity index is 2.81. The minimum absolute atomic E-state index is 0.0613. The Labute approximate surface area is 86.2 Å². The number of halogens is 2. The number of hydrogen-bond donors (Lipinski definition) is 1. The van der Waals surface area contributed by atoms with Crippen LogP contribution in [0.3, 0.4) is 0 Å². The van der Waals surface area contributed by atoms with Gasteiger partial charge in [0.25, 0.3) is 0 Å². The lowest BCUT2D eigenvalue weighted by Crippen LogP contribution is -2.07. The number of nitrogens with two attached hydrogens (primary N) is 1. The average molecular weight is 214 g/mol. The van der Waals surface area contributed by atoms with E-state index >= 15 is 0 Å². The van der Waals surface area contributed by atoms with Crippen LogP contribution in [-0.4, -0.2) is 5.91 Å². The minimum atomic E-state index is -0.491. The summed E-state index contributed by atoms with van der Waals surface area (Å²) in [4.78, 5) is 10.4.